The van der Waals surface area contributed by atoms with E-state index in [4.69, 9.17) is 0 Å². The monoisotopic (exact) mass is 509 g/mol. The highest BCUT2D eigenvalue weighted by molar-refractivity contribution is 5.97. The Hall–Kier alpha value is -4.53. The fourth-order valence-corrected chi connectivity index (χ4v) is 4.46. The standard InChI is InChI=1S/C25H19F4N7O/c1-15-11-34(14-31-15)21-7-5-16(9-17(21)10-30)20-12-36(33-32-20)23-8-6-18-19(26)3-2-4-22(18)35(24(23)37)13-25(27,28)29/h2-5,7,9,11-12,14,23H,6,8,13H2,1H3/t23-/m0/s1. The molecule has 0 fully saturated rings. The summed E-state index contributed by atoms with van der Waals surface area (Å²) in [4.78, 5) is 18.0. The number of imidazole rings is 1. The van der Waals surface area contributed by atoms with Crippen molar-refractivity contribution in [2.75, 3.05) is 11.4 Å². The molecule has 0 N–H and O–H groups in total. The number of nitriles is 1. The molecule has 188 valence electrons. The van der Waals surface area contributed by atoms with Gasteiger partial charge in [-0.1, -0.05) is 17.3 Å². The lowest BCUT2D eigenvalue weighted by molar-refractivity contribution is -0.134. The van der Waals surface area contributed by atoms with Gasteiger partial charge in [0.2, 0.25) is 0 Å². The molecule has 0 saturated heterocycles. The molecule has 0 bridgehead atoms. The van der Waals surface area contributed by atoms with Gasteiger partial charge < -0.3 is 9.47 Å². The van der Waals surface area contributed by atoms with Gasteiger partial charge in [0, 0.05) is 17.3 Å². The van der Waals surface area contributed by atoms with Crippen molar-refractivity contribution < 1.29 is 22.4 Å². The Morgan fingerprint density at radius 3 is 2.68 bits per heavy atom. The Morgan fingerprint density at radius 1 is 1.16 bits per heavy atom. The summed E-state index contributed by atoms with van der Waals surface area (Å²) in [6.45, 7) is 0.272. The second kappa shape index (κ2) is 9.16. The average Bonchev–Trinajstić information content (AvgIpc) is 3.49. The number of anilines is 1. The molecule has 0 unspecified atom stereocenters. The predicted molar refractivity (Wildman–Crippen MR) is 124 cm³/mol. The number of nitrogens with zero attached hydrogens (tertiary/aromatic N) is 7. The van der Waals surface area contributed by atoms with E-state index in [1.807, 2.05) is 6.92 Å². The Bertz CT molecular complexity index is 1530. The van der Waals surface area contributed by atoms with Crippen LogP contribution >= 0.6 is 0 Å². The van der Waals surface area contributed by atoms with Gasteiger partial charge in [0.05, 0.1) is 35.2 Å². The molecule has 1 amide bonds. The topological polar surface area (TPSA) is 92.6 Å². The summed E-state index contributed by atoms with van der Waals surface area (Å²) in [5, 5.41) is 17.8. The first-order chi connectivity index (χ1) is 17.6. The van der Waals surface area contributed by atoms with Gasteiger partial charge in [0.25, 0.3) is 5.91 Å². The summed E-state index contributed by atoms with van der Waals surface area (Å²) >= 11 is 0. The van der Waals surface area contributed by atoms with Crippen LogP contribution in [0.25, 0.3) is 16.9 Å². The van der Waals surface area contributed by atoms with Crippen LogP contribution in [0.15, 0.2) is 55.1 Å². The number of alkyl halides is 3. The number of halogens is 4. The predicted octanol–water partition coefficient (Wildman–Crippen LogP) is 4.53. The van der Waals surface area contributed by atoms with Crippen LogP contribution in [0.4, 0.5) is 23.2 Å². The Kier molecular flexibility index (Phi) is 5.99. The maximum Gasteiger partial charge on any atom is 0.406 e. The molecule has 0 spiro atoms. The van der Waals surface area contributed by atoms with E-state index < -0.39 is 30.5 Å². The second-order valence-corrected chi connectivity index (χ2v) is 8.68. The Morgan fingerprint density at radius 2 is 1.97 bits per heavy atom. The van der Waals surface area contributed by atoms with Gasteiger partial charge in [-0.2, -0.15) is 18.4 Å². The van der Waals surface area contributed by atoms with Crippen LogP contribution in [0.1, 0.15) is 29.3 Å². The summed E-state index contributed by atoms with van der Waals surface area (Å²) < 4.78 is 57.5. The van der Waals surface area contributed by atoms with Crippen molar-refractivity contribution in [3.8, 4) is 23.0 Å². The minimum Gasteiger partial charge on any atom is -0.305 e. The molecule has 37 heavy (non-hydrogen) atoms. The number of carbonyl (C=O) groups excluding carboxylic acids is 1. The average molecular weight is 509 g/mol. The molecule has 1 atom stereocenters. The summed E-state index contributed by atoms with van der Waals surface area (Å²) in [7, 11) is 0. The molecule has 2 aromatic heterocycles. The van der Waals surface area contributed by atoms with Crippen LogP contribution in [0, 0.1) is 24.1 Å². The molecule has 4 aromatic rings. The number of fused-ring (bicyclic) bond motifs is 1. The van der Waals surface area contributed by atoms with Crippen LogP contribution < -0.4 is 4.90 Å². The Balaban J connectivity index is 1.48. The second-order valence-electron chi connectivity index (χ2n) is 8.68. The summed E-state index contributed by atoms with van der Waals surface area (Å²) in [5.74, 6) is -1.53. The smallest absolute Gasteiger partial charge is 0.305 e. The highest BCUT2D eigenvalue weighted by atomic mass is 19.4. The number of amides is 1. The van der Waals surface area contributed by atoms with Gasteiger partial charge in [-0.25, -0.2) is 14.1 Å². The zero-order valence-electron chi connectivity index (χ0n) is 19.4. The number of aromatic nitrogens is 5. The third-order valence-corrected chi connectivity index (χ3v) is 6.17. The van der Waals surface area contributed by atoms with Crippen molar-refractivity contribution in [1.82, 2.24) is 24.5 Å². The lowest BCUT2D eigenvalue weighted by atomic mass is 10.1. The van der Waals surface area contributed by atoms with E-state index in [1.165, 1.54) is 23.0 Å². The van der Waals surface area contributed by atoms with Crippen molar-refractivity contribution in [3.05, 3.63) is 77.8 Å². The number of rotatable bonds is 4. The number of aryl methyl sites for hydroxylation is 1. The zero-order valence-corrected chi connectivity index (χ0v) is 19.4. The first-order valence-electron chi connectivity index (χ1n) is 11.3. The molecule has 5 rings (SSSR count). The van der Waals surface area contributed by atoms with Gasteiger partial charge in [-0.15, -0.1) is 5.10 Å². The van der Waals surface area contributed by atoms with Crippen molar-refractivity contribution >= 4 is 11.6 Å². The lowest BCUT2D eigenvalue weighted by Crippen LogP contribution is -2.42. The summed E-state index contributed by atoms with van der Waals surface area (Å²) in [6.07, 6.45) is 0.193. The fraction of sp³-hybridized carbons (Fsp3) is 0.240. The molecule has 12 heteroatoms. The minimum atomic E-state index is -4.69. The van der Waals surface area contributed by atoms with Gasteiger partial charge in [0.15, 0.2) is 0 Å². The maximum absolute atomic E-state index is 14.5. The third kappa shape index (κ3) is 4.67. The van der Waals surface area contributed by atoms with E-state index in [-0.39, 0.29) is 24.1 Å². The number of hydrogen-bond acceptors (Lipinski definition) is 5. The summed E-state index contributed by atoms with van der Waals surface area (Å²) in [6, 6.07) is 9.80. The van der Waals surface area contributed by atoms with E-state index in [2.05, 4.69) is 21.4 Å². The van der Waals surface area contributed by atoms with Crippen molar-refractivity contribution in [2.45, 2.75) is 32.0 Å². The third-order valence-electron chi connectivity index (χ3n) is 6.17. The van der Waals surface area contributed by atoms with Crippen LogP contribution in [0.2, 0.25) is 0 Å². The molecule has 0 saturated carbocycles. The van der Waals surface area contributed by atoms with Crippen LogP contribution in [0.5, 0.6) is 0 Å². The number of carbonyl (C=O) groups is 1. The van der Waals surface area contributed by atoms with E-state index in [9.17, 15) is 27.6 Å². The lowest BCUT2D eigenvalue weighted by Gasteiger charge is -2.26. The SMILES string of the molecule is Cc1cn(-c2ccc(-c3cn([C@H]4CCc5c(F)cccc5N(CC(F)(F)F)C4=O)nn3)cc2C#N)cn1. The summed E-state index contributed by atoms with van der Waals surface area (Å²) in [5.41, 5.74) is 2.55. The number of benzene rings is 2. The van der Waals surface area contributed by atoms with Crippen LogP contribution in [-0.2, 0) is 11.2 Å². The van der Waals surface area contributed by atoms with Crippen molar-refractivity contribution in [3.63, 3.8) is 0 Å². The molecule has 0 radical (unpaired) electrons. The molecule has 8 nitrogen and oxygen atoms in total. The highest BCUT2D eigenvalue weighted by Crippen LogP contribution is 2.35. The largest absolute Gasteiger partial charge is 0.406 e. The van der Waals surface area contributed by atoms with Crippen molar-refractivity contribution in [1.29, 1.82) is 5.26 Å². The van der Waals surface area contributed by atoms with Gasteiger partial charge in [-0.3, -0.25) is 4.79 Å². The molecule has 2 aromatic carbocycles. The van der Waals surface area contributed by atoms with Gasteiger partial charge >= 0.3 is 6.18 Å². The molecule has 1 aliphatic rings. The quantitative estimate of drug-likeness (QED) is 0.377. The van der Waals surface area contributed by atoms with Crippen LogP contribution in [0.3, 0.4) is 0 Å². The highest BCUT2D eigenvalue weighted by Gasteiger charge is 2.40. The van der Waals surface area contributed by atoms with E-state index in [1.54, 1.807) is 35.3 Å². The zero-order chi connectivity index (χ0) is 26.3. The molecular formula is C25H19F4N7O. The first-order valence-corrected chi connectivity index (χ1v) is 11.3. The molecule has 1 aliphatic heterocycles. The first kappa shape index (κ1) is 24.2. The van der Waals surface area contributed by atoms with E-state index >= 15 is 0 Å². The van der Waals surface area contributed by atoms with E-state index in [0.717, 1.165) is 11.8 Å². The number of hydrogen-bond donors (Lipinski definition) is 0. The molecule has 3 heterocycles. The minimum absolute atomic E-state index is 0.0340. The normalized spacial score (nSPS) is 15.8. The molecular weight excluding hydrogens is 490 g/mol. The Labute approximate surface area is 208 Å². The fourth-order valence-electron chi connectivity index (χ4n) is 4.46. The van der Waals surface area contributed by atoms with Crippen LogP contribution in [-0.4, -0.2) is 43.2 Å². The van der Waals surface area contributed by atoms with Crippen molar-refractivity contribution in [2.24, 2.45) is 0 Å². The van der Waals surface area contributed by atoms with Gasteiger partial charge in [0.1, 0.15) is 30.2 Å². The molecule has 0 aliphatic carbocycles. The van der Waals surface area contributed by atoms with E-state index in [0.29, 0.717) is 27.4 Å². The maximum atomic E-state index is 14.5. The van der Waals surface area contributed by atoms with Gasteiger partial charge in [-0.05, 0) is 44.0 Å².